The molecule has 2 aromatic rings. The van der Waals surface area contributed by atoms with E-state index in [1.54, 1.807) is 7.11 Å². The highest BCUT2D eigenvalue weighted by Crippen LogP contribution is 2.48. The molecule has 7 heteroatoms. The molecule has 43 heavy (non-hydrogen) atoms. The fourth-order valence-corrected chi connectivity index (χ4v) is 7.35. The standard InChI is InChI=1S/C36H52N2O4S/c1-7-9-11-12-16-19-32(37-34(40)42-35(3,4)5)33(39)38-27-36(43-24-10-8-2,25-31(38)26-41-6)30-22-20-29(21-23-30)28-17-14-13-15-18-28/h7,13-15,17-18,20-23,31-32H,1,8-12,16,19,24-27H2,2-6H3,(H,37,40)/t31-,32-,36-/m0/s1. The van der Waals surface area contributed by atoms with E-state index in [1.807, 2.05) is 49.6 Å². The van der Waals surface area contributed by atoms with E-state index < -0.39 is 17.7 Å². The molecular weight excluding hydrogens is 556 g/mol. The average Bonchev–Trinajstić information content (AvgIpc) is 3.35. The van der Waals surface area contributed by atoms with Crippen molar-refractivity contribution < 1.29 is 19.1 Å². The first kappa shape index (κ1) is 34.7. The van der Waals surface area contributed by atoms with E-state index >= 15 is 0 Å². The van der Waals surface area contributed by atoms with Crippen LogP contribution in [-0.4, -0.2) is 60.6 Å². The summed E-state index contributed by atoms with van der Waals surface area (Å²) in [6.45, 7) is 12.5. The molecule has 2 amide bonds. The molecule has 1 aliphatic heterocycles. The van der Waals surface area contributed by atoms with Gasteiger partial charge in [0.25, 0.3) is 0 Å². The van der Waals surface area contributed by atoms with Gasteiger partial charge in [-0.25, -0.2) is 4.79 Å². The minimum absolute atomic E-state index is 0.0597. The first-order valence-corrected chi connectivity index (χ1v) is 16.8. The van der Waals surface area contributed by atoms with Crippen LogP contribution in [0, 0.1) is 0 Å². The maximum absolute atomic E-state index is 14.3. The lowest BCUT2D eigenvalue weighted by molar-refractivity contribution is -0.135. The molecule has 1 aliphatic rings. The van der Waals surface area contributed by atoms with Gasteiger partial charge in [-0.05, 0) is 75.3 Å². The lowest BCUT2D eigenvalue weighted by Gasteiger charge is -2.32. The van der Waals surface area contributed by atoms with Crippen molar-refractivity contribution >= 4 is 23.8 Å². The Morgan fingerprint density at radius 3 is 2.40 bits per heavy atom. The molecule has 1 fully saturated rings. The molecule has 1 N–H and O–H groups in total. The number of thioether (sulfide) groups is 1. The third kappa shape index (κ3) is 10.4. The van der Waals surface area contributed by atoms with Gasteiger partial charge in [-0.1, -0.05) is 86.9 Å². The number of ether oxygens (including phenoxy) is 2. The Bertz CT molecular complexity index is 1150. The van der Waals surface area contributed by atoms with Gasteiger partial charge >= 0.3 is 6.09 Å². The third-order valence-electron chi connectivity index (χ3n) is 7.86. The lowest BCUT2D eigenvalue weighted by atomic mass is 9.93. The van der Waals surface area contributed by atoms with Crippen LogP contribution in [0.4, 0.5) is 4.79 Å². The Balaban J connectivity index is 1.90. The van der Waals surface area contributed by atoms with Crippen LogP contribution in [0.5, 0.6) is 0 Å². The summed E-state index contributed by atoms with van der Waals surface area (Å²) in [6.07, 6.45) is 8.72. The Labute approximate surface area is 264 Å². The Kier molecular flexibility index (Phi) is 13.7. The number of amides is 2. The van der Waals surface area contributed by atoms with Gasteiger partial charge < -0.3 is 19.7 Å². The number of hydrogen-bond acceptors (Lipinski definition) is 5. The molecule has 2 aromatic carbocycles. The van der Waals surface area contributed by atoms with Crippen molar-refractivity contribution in [3.63, 3.8) is 0 Å². The third-order valence-corrected chi connectivity index (χ3v) is 9.44. The largest absolute Gasteiger partial charge is 0.444 e. The van der Waals surface area contributed by atoms with Crippen molar-refractivity contribution in [1.29, 1.82) is 0 Å². The lowest BCUT2D eigenvalue weighted by Crippen LogP contribution is -2.52. The molecule has 236 valence electrons. The molecule has 3 atom stereocenters. The number of alkyl carbamates (subject to hydrolysis) is 1. The Hall–Kier alpha value is -2.77. The number of likely N-dealkylation sites (tertiary alicyclic amines) is 1. The fraction of sp³-hybridized carbons (Fsp3) is 0.556. The number of nitrogens with zero attached hydrogens (tertiary/aromatic N) is 1. The number of allylic oxidation sites excluding steroid dienone is 1. The van der Waals surface area contributed by atoms with Crippen molar-refractivity contribution in [3.05, 3.63) is 72.8 Å². The van der Waals surface area contributed by atoms with Gasteiger partial charge in [-0.2, -0.15) is 0 Å². The summed E-state index contributed by atoms with van der Waals surface area (Å²) < 4.78 is 11.0. The maximum Gasteiger partial charge on any atom is 0.408 e. The van der Waals surface area contributed by atoms with E-state index in [2.05, 4.69) is 67.4 Å². The van der Waals surface area contributed by atoms with E-state index in [4.69, 9.17) is 9.47 Å². The highest BCUT2D eigenvalue weighted by molar-refractivity contribution is 8.00. The topological polar surface area (TPSA) is 67.9 Å². The predicted octanol–water partition coefficient (Wildman–Crippen LogP) is 8.36. The fourth-order valence-electron chi connectivity index (χ4n) is 5.69. The van der Waals surface area contributed by atoms with Crippen LogP contribution in [0.15, 0.2) is 67.3 Å². The zero-order valence-corrected chi connectivity index (χ0v) is 27.7. The summed E-state index contributed by atoms with van der Waals surface area (Å²) in [5, 5.41) is 2.93. The van der Waals surface area contributed by atoms with Gasteiger partial charge in [-0.3, -0.25) is 4.79 Å². The number of benzene rings is 2. The predicted molar refractivity (Wildman–Crippen MR) is 179 cm³/mol. The quantitative estimate of drug-likeness (QED) is 0.153. The summed E-state index contributed by atoms with van der Waals surface area (Å²) in [6, 6.07) is 18.5. The van der Waals surface area contributed by atoms with Gasteiger partial charge in [-0.15, -0.1) is 18.3 Å². The van der Waals surface area contributed by atoms with Gasteiger partial charge in [0.05, 0.1) is 17.4 Å². The number of methoxy groups -OCH3 is 1. The van der Waals surface area contributed by atoms with Crippen LogP contribution in [0.1, 0.15) is 84.6 Å². The van der Waals surface area contributed by atoms with Crippen molar-refractivity contribution in [2.45, 2.75) is 101 Å². The molecule has 6 nitrogen and oxygen atoms in total. The van der Waals surface area contributed by atoms with Gasteiger partial charge in [0.1, 0.15) is 11.6 Å². The highest BCUT2D eigenvalue weighted by Gasteiger charge is 2.48. The van der Waals surface area contributed by atoms with Crippen molar-refractivity contribution in [2.24, 2.45) is 0 Å². The molecule has 3 rings (SSSR count). The molecule has 0 aliphatic carbocycles. The van der Waals surface area contributed by atoms with E-state index in [9.17, 15) is 9.59 Å². The minimum Gasteiger partial charge on any atom is -0.444 e. The van der Waals surface area contributed by atoms with Crippen LogP contribution >= 0.6 is 11.8 Å². The van der Waals surface area contributed by atoms with Crippen molar-refractivity contribution in [3.8, 4) is 11.1 Å². The normalized spacial score (nSPS) is 19.2. The second-order valence-corrected chi connectivity index (χ2v) is 14.0. The van der Waals surface area contributed by atoms with E-state index in [0.29, 0.717) is 19.6 Å². The second kappa shape index (κ2) is 16.9. The molecule has 1 saturated heterocycles. The molecule has 0 saturated carbocycles. The smallest absolute Gasteiger partial charge is 0.408 e. The monoisotopic (exact) mass is 608 g/mol. The molecule has 0 aromatic heterocycles. The van der Waals surface area contributed by atoms with Crippen LogP contribution in [0.2, 0.25) is 0 Å². The number of carbonyl (C=O) groups is 2. The minimum atomic E-state index is -0.658. The number of carbonyl (C=O) groups excluding carboxylic acids is 2. The van der Waals surface area contributed by atoms with Crippen LogP contribution in [0.25, 0.3) is 11.1 Å². The van der Waals surface area contributed by atoms with Gasteiger partial charge in [0.2, 0.25) is 5.91 Å². The molecule has 0 bridgehead atoms. The van der Waals surface area contributed by atoms with Crippen LogP contribution < -0.4 is 5.32 Å². The second-order valence-electron chi connectivity index (χ2n) is 12.5. The Morgan fingerprint density at radius 2 is 1.77 bits per heavy atom. The summed E-state index contributed by atoms with van der Waals surface area (Å²) in [4.78, 5) is 29.1. The van der Waals surface area contributed by atoms with E-state index in [1.165, 1.54) is 16.7 Å². The molecular formula is C36H52N2O4S. The number of unbranched alkanes of at least 4 members (excludes halogenated alkanes) is 4. The zero-order chi connectivity index (χ0) is 31.3. The van der Waals surface area contributed by atoms with E-state index in [0.717, 1.165) is 50.7 Å². The first-order valence-electron chi connectivity index (χ1n) is 15.8. The summed E-state index contributed by atoms with van der Waals surface area (Å²) in [5.41, 5.74) is 2.94. The summed E-state index contributed by atoms with van der Waals surface area (Å²) >= 11 is 1.95. The van der Waals surface area contributed by atoms with Crippen LogP contribution in [-0.2, 0) is 19.0 Å². The summed E-state index contributed by atoms with van der Waals surface area (Å²) in [7, 11) is 1.69. The molecule has 0 unspecified atom stereocenters. The zero-order valence-electron chi connectivity index (χ0n) is 26.9. The highest BCUT2D eigenvalue weighted by atomic mass is 32.2. The maximum atomic E-state index is 14.3. The van der Waals surface area contributed by atoms with Crippen molar-refractivity contribution in [1.82, 2.24) is 10.2 Å². The molecule has 1 heterocycles. The average molecular weight is 609 g/mol. The first-order chi connectivity index (χ1) is 20.6. The number of rotatable bonds is 16. The molecule has 0 spiro atoms. The Morgan fingerprint density at radius 1 is 1.07 bits per heavy atom. The van der Waals surface area contributed by atoms with Crippen molar-refractivity contribution in [2.75, 3.05) is 26.0 Å². The summed E-state index contributed by atoms with van der Waals surface area (Å²) in [5.74, 6) is 0.956. The van der Waals surface area contributed by atoms with Crippen LogP contribution in [0.3, 0.4) is 0 Å². The SMILES string of the molecule is C=CCCCCC[C@H](NC(=O)OC(C)(C)C)C(=O)N1C[C@](SCCCC)(c2ccc(-c3ccccc3)cc2)C[C@H]1COC. The van der Waals surface area contributed by atoms with Gasteiger partial charge in [0.15, 0.2) is 0 Å². The molecule has 0 radical (unpaired) electrons. The van der Waals surface area contributed by atoms with Gasteiger partial charge in [0, 0.05) is 13.7 Å². The number of nitrogens with one attached hydrogen (secondary N) is 1. The van der Waals surface area contributed by atoms with E-state index in [-0.39, 0.29) is 16.7 Å². The number of hydrogen-bond donors (Lipinski definition) is 1.